The number of carbonyl (C=O) groups is 1. The third kappa shape index (κ3) is 5.52. The Balaban J connectivity index is 1.35. The van der Waals surface area contributed by atoms with Gasteiger partial charge >= 0.3 is 12.6 Å². The fraction of sp³-hybridized carbons (Fsp3) is 0.476. The van der Waals surface area contributed by atoms with E-state index in [0.29, 0.717) is 50.9 Å². The summed E-state index contributed by atoms with van der Waals surface area (Å²) in [5.74, 6) is 2.44. The Kier molecular flexibility index (Phi) is 6.84. The number of nitrogens with zero attached hydrogens (tertiary/aromatic N) is 5. The molecule has 2 saturated heterocycles. The van der Waals surface area contributed by atoms with Crippen molar-refractivity contribution in [2.24, 2.45) is 0 Å². The van der Waals surface area contributed by atoms with Crippen molar-refractivity contribution in [2.75, 3.05) is 67.6 Å². The van der Waals surface area contributed by atoms with Gasteiger partial charge in [-0.15, -0.1) is 0 Å². The lowest BCUT2D eigenvalue weighted by Gasteiger charge is -2.36. The number of aromatic nitrogens is 2. The van der Waals surface area contributed by atoms with Crippen LogP contribution in [-0.2, 0) is 4.74 Å². The molecule has 11 heteroatoms. The standard InChI is InChI=1S/C21H26F2N6O3/c1-15-24-18(14-19(25-15)28-9-11-31-12-10-28)27-5-7-29(8-6-27)21(30)26-16-3-2-4-17(13-16)32-20(22)23/h2-4,13-14,20H,5-12H2,1H3,(H,26,30). The molecular formula is C21H26F2N6O3. The number of benzene rings is 1. The van der Waals surface area contributed by atoms with Gasteiger partial charge in [-0.2, -0.15) is 8.78 Å². The third-order valence-corrected chi connectivity index (χ3v) is 5.35. The van der Waals surface area contributed by atoms with Crippen molar-refractivity contribution in [1.29, 1.82) is 0 Å². The predicted octanol–water partition coefficient (Wildman–Crippen LogP) is 2.58. The number of aryl methyl sites for hydroxylation is 1. The monoisotopic (exact) mass is 448 g/mol. The van der Waals surface area contributed by atoms with Crippen LogP contribution in [0.15, 0.2) is 30.3 Å². The molecule has 4 rings (SSSR count). The van der Waals surface area contributed by atoms with Crippen LogP contribution in [0.3, 0.4) is 0 Å². The van der Waals surface area contributed by atoms with Gasteiger partial charge in [-0.3, -0.25) is 0 Å². The van der Waals surface area contributed by atoms with Crippen molar-refractivity contribution < 1.29 is 23.0 Å². The largest absolute Gasteiger partial charge is 0.435 e. The first kappa shape index (κ1) is 22.0. The van der Waals surface area contributed by atoms with Crippen LogP contribution in [0.1, 0.15) is 5.82 Å². The van der Waals surface area contributed by atoms with Gasteiger partial charge in [0.05, 0.1) is 13.2 Å². The molecule has 0 saturated carbocycles. The Labute approximate surface area is 184 Å². The van der Waals surface area contributed by atoms with Gasteiger partial charge in [0, 0.05) is 57.1 Å². The molecule has 0 radical (unpaired) electrons. The van der Waals surface area contributed by atoms with Crippen LogP contribution >= 0.6 is 0 Å². The fourth-order valence-electron chi connectivity index (χ4n) is 3.74. The third-order valence-electron chi connectivity index (χ3n) is 5.35. The molecule has 0 atom stereocenters. The number of amides is 2. The van der Waals surface area contributed by atoms with Gasteiger partial charge in [-0.25, -0.2) is 14.8 Å². The van der Waals surface area contributed by atoms with Crippen molar-refractivity contribution in [3.8, 4) is 5.75 Å². The van der Waals surface area contributed by atoms with Gasteiger partial charge in [-0.05, 0) is 19.1 Å². The first-order valence-electron chi connectivity index (χ1n) is 10.5. The number of ether oxygens (including phenoxy) is 2. The number of carbonyl (C=O) groups excluding carboxylic acids is 1. The summed E-state index contributed by atoms with van der Waals surface area (Å²) in [5, 5.41) is 2.74. The van der Waals surface area contributed by atoms with Crippen LogP contribution in [0, 0.1) is 6.92 Å². The minimum absolute atomic E-state index is 0.00202. The first-order valence-corrected chi connectivity index (χ1v) is 10.5. The van der Waals surface area contributed by atoms with Crippen LogP contribution in [0.4, 0.5) is 30.9 Å². The maximum atomic E-state index is 12.6. The van der Waals surface area contributed by atoms with E-state index in [0.717, 1.165) is 24.7 Å². The number of halogens is 2. The lowest BCUT2D eigenvalue weighted by Crippen LogP contribution is -2.50. The lowest BCUT2D eigenvalue weighted by molar-refractivity contribution is -0.0498. The van der Waals surface area contributed by atoms with Gasteiger partial charge in [0.1, 0.15) is 23.2 Å². The molecule has 0 aliphatic carbocycles. The van der Waals surface area contributed by atoms with E-state index in [1.165, 1.54) is 12.1 Å². The summed E-state index contributed by atoms with van der Waals surface area (Å²) in [4.78, 5) is 27.8. The summed E-state index contributed by atoms with van der Waals surface area (Å²) in [6.45, 7) is 4.20. The van der Waals surface area contributed by atoms with Crippen LogP contribution < -0.4 is 19.9 Å². The number of nitrogens with one attached hydrogen (secondary N) is 1. The van der Waals surface area contributed by atoms with Crippen molar-refractivity contribution >= 4 is 23.4 Å². The van der Waals surface area contributed by atoms with E-state index in [4.69, 9.17) is 4.74 Å². The Hall–Kier alpha value is -3.21. The molecule has 2 amide bonds. The van der Waals surface area contributed by atoms with Crippen molar-refractivity contribution in [2.45, 2.75) is 13.5 Å². The summed E-state index contributed by atoms with van der Waals surface area (Å²) >= 11 is 0. The highest BCUT2D eigenvalue weighted by molar-refractivity contribution is 5.89. The van der Waals surface area contributed by atoms with Gasteiger partial charge in [0.15, 0.2) is 0 Å². The summed E-state index contributed by atoms with van der Waals surface area (Å²) in [6.07, 6.45) is 0. The van der Waals surface area contributed by atoms with Gasteiger partial charge in [0.2, 0.25) is 0 Å². The molecule has 1 N–H and O–H groups in total. The molecule has 3 heterocycles. The van der Waals surface area contributed by atoms with E-state index in [2.05, 4.69) is 29.8 Å². The SMILES string of the molecule is Cc1nc(N2CCOCC2)cc(N2CCN(C(=O)Nc3cccc(OC(F)F)c3)CC2)n1. The average Bonchev–Trinajstić information content (AvgIpc) is 2.79. The van der Waals surface area contributed by atoms with Gasteiger partial charge < -0.3 is 29.5 Å². The maximum absolute atomic E-state index is 12.6. The second kappa shape index (κ2) is 9.94. The number of piperazine rings is 1. The Bertz CT molecular complexity index is 934. The zero-order chi connectivity index (χ0) is 22.5. The predicted molar refractivity (Wildman–Crippen MR) is 116 cm³/mol. The topological polar surface area (TPSA) is 83.1 Å². The van der Waals surface area contributed by atoms with Crippen LogP contribution in [-0.4, -0.2) is 80.0 Å². The number of hydrogen-bond acceptors (Lipinski definition) is 7. The Morgan fingerprint density at radius 3 is 2.34 bits per heavy atom. The van der Waals surface area contributed by atoms with Crippen molar-refractivity contribution in [3.63, 3.8) is 0 Å². The zero-order valence-corrected chi connectivity index (χ0v) is 17.8. The number of urea groups is 1. The van der Waals surface area contributed by atoms with E-state index >= 15 is 0 Å². The highest BCUT2D eigenvalue weighted by Crippen LogP contribution is 2.22. The number of anilines is 3. The maximum Gasteiger partial charge on any atom is 0.387 e. The molecular weight excluding hydrogens is 422 g/mol. The van der Waals surface area contributed by atoms with Crippen LogP contribution in [0.25, 0.3) is 0 Å². The molecule has 32 heavy (non-hydrogen) atoms. The molecule has 2 aromatic rings. The molecule has 9 nitrogen and oxygen atoms in total. The zero-order valence-electron chi connectivity index (χ0n) is 17.8. The second-order valence-corrected chi connectivity index (χ2v) is 7.54. The number of alkyl halides is 2. The Morgan fingerprint density at radius 1 is 1.03 bits per heavy atom. The van der Waals surface area contributed by atoms with E-state index in [-0.39, 0.29) is 11.8 Å². The molecule has 1 aromatic heterocycles. The number of morpholine rings is 1. The van der Waals surface area contributed by atoms with Crippen molar-refractivity contribution in [3.05, 3.63) is 36.2 Å². The molecule has 2 aliphatic heterocycles. The molecule has 1 aromatic carbocycles. The van der Waals surface area contributed by atoms with Gasteiger partial charge in [0.25, 0.3) is 0 Å². The summed E-state index contributed by atoms with van der Waals surface area (Å²) in [6, 6.07) is 7.67. The lowest BCUT2D eigenvalue weighted by atomic mass is 10.3. The van der Waals surface area contributed by atoms with Crippen LogP contribution in [0.2, 0.25) is 0 Å². The minimum atomic E-state index is -2.91. The highest BCUT2D eigenvalue weighted by atomic mass is 19.3. The number of hydrogen-bond donors (Lipinski definition) is 1. The minimum Gasteiger partial charge on any atom is -0.435 e. The molecule has 2 fully saturated rings. The smallest absolute Gasteiger partial charge is 0.387 e. The average molecular weight is 448 g/mol. The van der Waals surface area contributed by atoms with Gasteiger partial charge in [-0.1, -0.05) is 6.07 Å². The molecule has 0 unspecified atom stereocenters. The van der Waals surface area contributed by atoms with Crippen LogP contribution in [0.5, 0.6) is 5.75 Å². The fourth-order valence-corrected chi connectivity index (χ4v) is 3.74. The molecule has 172 valence electrons. The van der Waals surface area contributed by atoms with E-state index in [9.17, 15) is 13.6 Å². The first-order chi connectivity index (χ1) is 15.5. The van der Waals surface area contributed by atoms with Crippen molar-refractivity contribution in [1.82, 2.24) is 14.9 Å². The summed E-state index contributed by atoms with van der Waals surface area (Å²) in [7, 11) is 0. The Morgan fingerprint density at radius 2 is 1.69 bits per heavy atom. The molecule has 0 bridgehead atoms. The van der Waals surface area contributed by atoms with E-state index in [1.54, 1.807) is 17.0 Å². The molecule has 2 aliphatic rings. The second-order valence-electron chi connectivity index (χ2n) is 7.54. The summed E-state index contributed by atoms with van der Waals surface area (Å²) in [5.41, 5.74) is 0.400. The normalized spacial score (nSPS) is 16.9. The number of rotatable bonds is 5. The molecule has 0 spiro atoms. The highest BCUT2D eigenvalue weighted by Gasteiger charge is 2.24. The summed E-state index contributed by atoms with van der Waals surface area (Å²) < 4.78 is 34.6. The van der Waals surface area contributed by atoms with E-state index < -0.39 is 6.61 Å². The quantitative estimate of drug-likeness (QED) is 0.753. The van der Waals surface area contributed by atoms with E-state index in [1.807, 2.05) is 13.0 Å².